The van der Waals surface area contributed by atoms with Crippen LogP contribution in [0, 0.1) is 6.92 Å². The molecule has 21 heavy (non-hydrogen) atoms. The molecule has 0 saturated heterocycles. The average Bonchev–Trinajstić information content (AvgIpc) is 2.53. The molecule has 0 amide bonds. The predicted octanol–water partition coefficient (Wildman–Crippen LogP) is 5.99. The molecule has 0 aliphatic rings. The van der Waals surface area contributed by atoms with Crippen molar-refractivity contribution >= 4 is 21.5 Å². The minimum Gasteiger partial charge on any atom is -0.0613 e. The minimum atomic E-state index is 1.11. The number of benzene rings is 3. The zero-order valence-electron chi connectivity index (χ0n) is 13.6. The molecule has 0 heterocycles. The second-order valence-corrected chi connectivity index (χ2v) is 5.87. The zero-order valence-corrected chi connectivity index (χ0v) is 13.6. The molecule has 0 radical (unpaired) electrons. The van der Waals surface area contributed by atoms with Crippen molar-refractivity contribution in [1.82, 2.24) is 0 Å². The van der Waals surface area contributed by atoms with Gasteiger partial charge in [0, 0.05) is 0 Å². The van der Waals surface area contributed by atoms with E-state index in [9.17, 15) is 0 Å². The Kier molecular flexibility index (Phi) is 3.71. The number of rotatable bonds is 3. The molecule has 0 saturated carbocycles. The van der Waals surface area contributed by atoms with Gasteiger partial charge in [0.2, 0.25) is 0 Å². The Bertz CT molecular complexity index is 809. The second kappa shape index (κ2) is 5.52. The third-order valence-electron chi connectivity index (χ3n) is 4.90. The summed E-state index contributed by atoms with van der Waals surface area (Å²) in [6, 6.07) is 13.9. The lowest BCUT2D eigenvalue weighted by Gasteiger charge is -2.14. The molecular formula is C21H24. The molecule has 0 bridgehead atoms. The van der Waals surface area contributed by atoms with Crippen molar-refractivity contribution < 1.29 is 0 Å². The van der Waals surface area contributed by atoms with Gasteiger partial charge in [-0.05, 0) is 70.0 Å². The second-order valence-electron chi connectivity index (χ2n) is 5.87. The number of aryl methyl sites for hydroxylation is 4. The van der Waals surface area contributed by atoms with E-state index in [0.717, 1.165) is 19.3 Å². The molecule has 0 aliphatic carbocycles. The third kappa shape index (κ3) is 2.14. The van der Waals surface area contributed by atoms with Crippen LogP contribution in [-0.4, -0.2) is 0 Å². The van der Waals surface area contributed by atoms with Crippen LogP contribution in [0.1, 0.15) is 43.0 Å². The quantitative estimate of drug-likeness (QED) is 0.515. The summed E-state index contributed by atoms with van der Waals surface area (Å²) in [5.74, 6) is 0. The molecule has 0 fully saturated rings. The van der Waals surface area contributed by atoms with E-state index in [-0.39, 0.29) is 0 Å². The van der Waals surface area contributed by atoms with Gasteiger partial charge in [0.05, 0.1) is 0 Å². The Morgan fingerprint density at radius 2 is 1.10 bits per heavy atom. The average molecular weight is 276 g/mol. The minimum absolute atomic E-state index is 1.11. The standard InChI is InChI=1S/C21H24/c1-5-15-8-10-20-18(14(15)4)12-13-19-17(7-3)16(6-2)9-11-21(19)20/h8-13H,5-7H2,1-4H3. The molecule has 0 unspecified atom stereocenters. The van der Waals surface area contributed by atoms with Gasteiger partial charge in [0.1, 0.15) is 0 Å². The summed E-state index contributed by atoms with van der Waals surface area (Å²) in [6.45, 7) is 9.01. The summed E-state index contributed by atoms with van der Waals surface area (Å²) in [6.07, 6.45) is 3.33. The van der Waals surface area contributed by atoms with Crippen LogP contribution in [0.4, 0.5) is 0 Å². The van der Waals surface area contributed by atoms with Gasteiger partial charge in [-0.2, -0.15) is 0 Å². The van der Waals surface area contributed by atoms with Crippen molar-refractivity contribution in [2.24, 2.45) is 0 Å². The smallest absolute Gasteiger partial charge is 0.0102 e. The van der Waals surface area contributed by atoms with Crippen molar-refractivity contribution in [3.8, 4) is 0 Å². The summed E-state index contributed by atoms with van der Waals surface area (Å²) in [5.41, 5.74) is 5.91. The molecule has 0 aromatic heterocycles. The number of fused-ring (bicyclic) bond motifs is 3. The highest BCUT2D eigenvalue weighted by Gasteiger charge is 2.09. The highest BCUT2D eigenvalue weighted by atomic mass is 14.1. The van der Waals surface area contributed by atoms with Gasteiger partial charge < -0.3 is 0 Å². The Hall–Kier alpha value is -1.82. The Labute approximate surface area is 127 Å². The van der Waals surface area contributed by atoms with E-state index in [1.54, 1.807) is 0 Å². The van der Waals surface area contributed by atoms with Crippen LogP contribution in [-0.2, 0) is 19.3 Å². The molecule has 3 rings (SSSR count). The molecule has 0 heteroatoms. The predicted molar refractivity (Wildman–Crippen MR) is 94.3 cm³/mol. The largest absolute Gasteiger partial charge is 0.0613 e. The number of hydrogen-bond donors (Lipinski definition) is 0. The van der Waals surface area contributed by atoms with E-state index < -0.39 is 0 Å². The highest BCUT2D eigenvalue weighted by Crippen LogP contribution is 2.32. The monoisotopic (exact) mass is 276 g/mol. The Morgan fingerprint density at radius 3 is 1.71 bits per heavy atom. The molecule has 0 nitrogen and oxygen atoms in total. The summed E-state index contributed by atoms with van der Waals surface area (Å²) in [5, 5.41) is 5.66. The van der Waals surface area contributed by atoms with E-state index in [1.807, 2.05) is 0 Å². The van der Waals surface area contributed by atoms with Crippen molar-refractivity contribution in [2.75, 3.05) is 0 Å². The maximum Gasteiger partial charge on any atom is -0.0102 e. The van der Waals surface area contributed by atoms with Gasteiger partial charge in [-0.15, -0.1) is 0 Å². The zero-order chi connectivity index (χ0) is 15.0. The molecular weight excluding hydrogens is 252 g/mol. The fourth-order valence-electron chi connectivity index (χ4n) is 3.66. The van der Waals surface area contributed by atoms with Gasteiger partial charge in [-0.25, -0.2) is 0 Å². The van der Waals surface area contributed by atoms with Gasteiger partial charge in [-0.1, -0.05) is 57.2 Å². The Morgan fingerprint density at radius 1 is 0.571 bits per heavy atom. The molecule has 0 atom stereocenters. The highest BCUT2D eigenvalue weighted by molar-refractivity contribution is 6.09. The van der Waals surface area contributed by atoms with Crippen LogP contribution in [0.2, 0.25) is 0 Å². The summed E-state index contributed by atoms with van der Waals surface area (Å²) in [7, 11) is 0. The molecule has 0 spiro atoms. The van der Waals surface area contributed by atoms with Crippen LogP contribution < -0.4 is 0 Å². The van der Waals surface area contributed by atoms with Gasteiger partial charge in [-0.3, -0.25) is 0 Å². The van der Waals surface area contributed by atoms with Crippen molar-refractivity contribution in [3.05, 3.63) is 58.7 Å². The fourth-order valence-corrected chi connectivity index (χ4v) is 3.66. The first-order valence-electron chi connectivity index (χ1n) is 8.16. The summed E-state index contributed by atoms with van der Waals surface area (Å²) < 4.78 is 0. The van der Waals surface area contributed by atoms with Gasteiger partial charge in [0.25, 0.3) is 0 Å². The van der Waals surface area contributed by atoms with E-state index in [4.69, 9.17) is 0 Å². The number of hydrogen-bond acceptors (Lipinski definition) is 0. The van der Waals surface area contributed by atoms with Crippen molar-refractivity contribution in [3.63, 3.8) is 0 Å². The fraction of sp³-hybridized carbons (Fsp3) is 0.333. The lowest BCUT2D eigenvalue weighted by Crippen LogP contribution is -1.94. The van der Waals surface area contributed by atoms with Crippen LogP contribution in [0.5, 0.6) is 0 Å². The van der Waals surface area contributed by atoms with Crippen molar-refractivity contribution in [1.29, 1.82) is 0 Å². The first-order valence-corrected chi connectivity index (χ1v) is 8.16. The van der Waals surface area contributed by atoms with Gasteiger partial charge in [0.15, 0.2) is 0 Å². The van der Waals surface area contributed by atoms with E-state index >= 15 is 0 Å². The van der Waals surface area contributed by atoms with Crippen molar-refractivity contribution in [2.45, 2.75) is 47.0 Å². The van der Waals surface area contributed by atoms with E-state index in [0.29, 0.717) is 0 Å². The lowest BCUT2D eigenvalue weighted by molar-refractivity contribution is 1.05. The van der Waals surface area contributed by atoms with E-state index in [1.165, 1.54) is 43.8 Å². The molecule has 108 valence electrons. The normalized spacial score (nSPS) is 11.4. The van der Waals surface area contributed by atoms with Crippen LogP contribution in [0.3, 0.4) is 0 Å². The molecule has 0 N–H and O–H groups in total. The van der Waals surface area contributed by atoms with Crippen LogP contribution >= 0.6 is 0 Å². The first kappa shape index (κ1) is 14.1. The molecule has 0 aliphatic heterocycles. The van der Waals surface area contributed by atoms with Crippen LogP contribution in [0.25, 0.3) is 21.5 Å². The van der Waals surface area contributed by atoms with E-state index in [2.05, 4.69) is 64.1 Å². The SMILES string of the molecule is CCc1ccc2c(ccc3c(CC)c(CC)ccc32)c1C. The Balaban J connectivity index is 2.42. The molecule has 3 aromatic rings. The summed E-state index contributed by atoms with van der Waals surface area (Å²) >= 11 is 0. The third-order valence-corrected chi connectivity index (χ3v) is 4.90. The first-order chi connectivity index (χ1) is 10.2. The maximum atomic E-state index is 2.34. The topological polar surface area (TPSA) is 0 Å². The van der Waals surface area contributed by atoms with Crippen LogP contribution in [0.15, 0.2) is 36.4 Å². The lowest BCUT2D eigenvalue weighted by atomic mass is 9.90. The maximum absolute atomic E-state index is 2.34. The molecule has 3 aromatic carbocycles. The van der Waals surface area contributed by atoms with Gasteiger partial charge >= 0.3 is 0 Å². The summed E-state index contributed by atoms with van der Waals surface area (Å²) in [4.78, 5) is 0.